The molecular formula is C24H30N2O7. The van der Waals surface area contributed by atoms with Gasteiger partial charge in [0.05, 0.1) is 23.5 Å². The lowest BCUT2D eigenvalue weighted by Gasteiger charge is -2.44. The number of hydrogen-bond donors (Lipinski definition) is 2. The van der Waals surface area contributed by atoms with Crippen LogP contribution in [0, 0.1) is 11.3 Å². The van der Waals surface area contributed by atoms with Crippen molar-refractivity contribution < 1.29 is 33.8 Å². The van der Waals surface area contributed by atoms with Crippen LogP contribution in [0.1, 0.15) is 57.0 Å². The summed E-state index contributed by atoms with van der Waals surface area (Å²) in [6.45, 7) is 8.33. The minimum Gasteiger partial charge on any atom is -0.427 e. The molecule has 0 unspecified atom stereocenters. The van der Waals surface area contributed by atoms with E-state index in [0.717, 1.165) is 0 Å². The van der Waals surface area contributed by atoms with Gasteiger partial charge in [-0.05, 0) is 64.3 Å². The summed E-state index contributed by atoms with van der Waals surface area (Å²) in [7, 11) is 0. The molecule has 0 bridgehead atoms. The van der Waals surface area contributed by atoms with Crippen LogP contribution in [0.15, 0.2) is 30.0 Å². The van der Waals surface area contributed by atoms with Gasteiger partial charge in [0.1, 0.15) is 5.70 Å². The van der Waals surface area contributed by atoms with Gasteiger partial charge in [-0.1, -0.05) is 12.1 Å². The van der Waals surface area contributed by atoms with Gasteiger partial charge in [0.15, 0.2) is 0 Å². The van der Waals surface area contributed by atoms with Gasteiger partial charge in [0.2, 0.25) is 12.7 Å². The Hall–Kier alpha value is -3.20. The molecule has 0 saturated carbocycles. The van der Waals surface area contributed by atoms with Crippen molar-refractivity contribution in [2.75, 3.05) is 13.3 Å². The minimum absolute atomic E-state index is 0.0690. The highest BCUT2D eigenvalue weighted by Gasteiger charge is 2.57. The number of ether oxygens (including phenoxy) is 2. The zero-order chi connectivity index (χ0) is 24.5. The number of carbonyl (C=O) groups excluding carboxylic acids is 4. The molecule has 178 valence electrons. The van der Waals surface area contributed by atoms with Crippen LogP contribution in [-0.2, 0) is 23.9 Å². The predicted octanol–water partition coefficient (Wildman–Crippen LogP) is 1.85. The van der Waals surface area contributed by atoms with E-state index in [0.29, 0.717) is 29.7 Å². The molecule has 33 heavy (non-hydrogen) atoms. The first kappa shape index (κ1) is 24.4. The lowest BCUT2D eigenvalue weighted by molar-refractivity contribution is -0.175. The number of β-lactam (4-membered cyclic amide) rings is 1. The molecule has 2 heterocycles. The monoisotopic (exact) mass is 458 g/mol. The summed E-state index contributed by atoms with van der Waals surface area (Å²) in [5.74, 6) is -2.50. The molecule has 2 amide bonds. The molecule has 0 radical (unpaired) electrons. The average Bonchev–Trinajstić information content (AvgIpc) is 3.08. The third kappa shape index (κ3) is 4.78. The average molecular weight is 459 g/mol. The smallest absolute Gasteiger partial charge is 0.358 e. The highest BCUT2D eigenvalue weighted by atomic mass is 16.7. The highest BCUT2D eigenvalue weighted by molar-refractivity contribution is 6.07. The predicted molar refractivity (Wildman–Crippen MR) is 118 cm³/mol. The standard InChI is InChI=1S/C24H30N2O7/c1-6-25-20(28)15-9-7-14(8-10-15)16-11-17-18(13(2)27)21(29)26(17)19(16)22(30)32-12-33-23(31)24(3,4)5/h7-10,13,17-18,27H,6,11-12H2,1-5H3,(H,25,28)/t13-,17-,18-/m1/s1. The number of esters is 2. The number of amides is 2. The van der Waals surface area contributed by atoms with Gasteiger partial charge < -0.3 is 24.8 Å². The summed E-state index contributed by atoms with van der Waals surface area (Å²) in [4.78, 5) is 51.0. The molecule has 2 aliphatic heterocycles. The van der Waals surface area contributed by atoms with Crippen molar-refractivity contribution in [2.24, 2.45) is 11.3 Å². The largest absolute Gasteiger partial charge is 0.427 e. The van der Waals surface area contributed by atoms with Gasteiger partial charge >= 0.3 is 11.9 Å². The summed E-state index contributed by atoms with van der Waals surface area (Å²) >= 11 is 0. The van der Waals surface area contributed by atoms with Crippen molar-refractivity contribution in [2.45, 2.75) is 53.2 Å². The van der Waals surface area contributed by atoms with Crippen LogP contribution in [0.2, 0.25) is 0 Å². The fourth-order valence-electron chi connectivity index (χ4n) is 4.02. The Morgan fingerprint density at radius 1 is 1.18 bits per heavy atom. The molecule has 0 spiro atoms. The number of benzene rings is 1. The number of carbonyl (C=O) groups is 4. The van der Waals surface area contributed by atoms with Crippen molar-refractivity contribution >= 4 is 29.3 Å². The SMILES string of the molecule is CCNC(=O)c1ccc(C2=C(C(=O)OCOC(=O)C(C)(C)C)N3C(=O)[C@H]([C@@H](C)O)[C@H]3C2)cc1. The summed E-state index contributed by atoms with van der Waals surface area (Å²) in [5, 5.41) is 12.7. The molecule has 0 aromatic heterocycles. The molecule has 2 aliphatic rings. The Balaban J connectivity index is 1.86. The first-order valence-corrected chi connectivity index (χ1v) is 10.9. The second-order valence-electron chi connectivity index (χ2n) is 9.24. The molecule has 1 saturated heterocycles. The van der Waals surface area contributed by atoms with Crippen molar-refractivity contribution in [1.82, 2.24) is 10.2 Å². The van der Waals surface area contributed by atoms with E-state index < -0.39 is 36.2 Å². The van der Waals surface area contributed by atoms with Crippen LogP contribution in [0.25, 0.3) is 5.57 Å². The van der Waals surface area contributed by atoms with E-state index in [1.165, 1.54) is 4.90 Å². The molecule has 9 heteroatoms. The molecule has 3 atom stereocenters. The maximum Gasteiger partial charge on any atom is 0.358 e. The van der Waals surface area contributed by atoms with Gasteiger partial charge in [-0.15, -0.1) is 0 Å². The molecule has 1 aromatic rings. The van der Waals surface area contributed by atoms with Crippen LogP contribution in [-0.4, -0.2) is 59.2 Å². The number of nitrogens with one attached hydrogen (secondary N) is 1. The number of hydrogen-bond acceptors (Lipinski definition) is 7. The molecular weight excluding hydrogens is 428 g/mol. The number of rotatable bonds is 7. The van der Waals surface area contributed by atoms with Crippen LogP contribution in [0.3, 0.4) is 0 Å². The fraction of sp³-hybridized carbons (Fsp3) is 0.500. The van der Waals surface area contributed by atoms with Crippen LogP contribution in [0.5, 0.6) is 0 Å². The zero-order valence-corrected chi connectivity index (χ0v) is 19.5. The van der Waals surface area contributed by atoms with Gasteiger partial charge in [0, 0.05) is 12.1 Å². The Morgan fingerprint density at radius 3 is 2.36 bits per heavy atom. The van der Waals surface area contributed by atoms with Crippen LogP contribution in [0.4, 0.5) is 0 Å². The molecule has 2 N–H and O–H groups in total. The first-order chi connectivity index (χ1) is 15.5. The molecule has 1 aromatic carbocycles. The van der Waals surface area contributed by atoms with E-state index in [1.54, 1.807) is 52.0 Å². The summed E-state index contributed by atoms with van der Waals surface area (Å²) in [6, 6.07) is 6.34. The molecule has 0 aliphatic carbocycles. The highest BCUT2D eigenvalue weighted by Crippen LogP contribution is 2.47. The van der Waals surface area contributed by atoms with E-state index in [1.807, 2.05) is 6.92 Å². The van der Waals surface area contributed by atoms with E-state index >= 15 is 0 Å². The molecule has 9 nitrogen and oxygen atoms in total. The van der Waals surface area contributed by atoms with Crippen LogP contribution >= 0.6 is 0 Å². The summed E-state index contributed by atoms with van der Waals surface area (Å²) in [6.07, 6.45) is -0.503. The van der Waals surface area contributed by atoms with E-state index in [9.17, 15) is 24.3 Å². The second kappa shape index (κ2) is 9.35. The fourth-order valence-corrected chi connectivity index (χ4v) is 4.02. The zero-order valence-electron chi connectivity index (χ0n) is 19.5. The summed E-state index contributed by atoms with van der Waals surface area (Å²) in [5.41, 5.74) is 1.02. The van der Waals surface area contributed by atoms with Gasteiger partial charge in [0.25, 0.3) is 5.91 Å². The Labute approximate surface area is 192 Å². The van der Waals surface area contributed by atoms with Crippen molar-refractivity contribution in [3.05, 3.63) is 41.1 Å². The maximum absolute atomic E-state index is 12.9. The third-order valence-electron chi connectivity index (χ3n) is 5.75. The molecule has 3 rings (SSSR count). The molecule has 1 fully saturated rings. The van der Waals surface area contributed by atoms with Crippen molar-refractivity contribution in [3.8, 4) is 0 Å². The van der Waals surface area contributed by atoms with Gasteiger partial charge in [-0.25, -0.2) is 4.79 Å². The number of nitrogens with zero attached hydrogens (tertiary/aromatic N) is 1. The van der Waals surface area contributed by atoms with E-state index in [2.05, 4.69) is 5.32 Å². The number of aliphatic hydroxyl groups excluding tert-OH is 1. The normalized spacial score (nSPS) is 20.7. The third-order valence-corrected chi connectivity index (χ3v) is 5.75. The Kier molecular flexibility index (Phi) is 6.92. The maximum atomic E-state index is 12.9. The minimum atomic E-state index is -0.858. The number of fused-ring (bicyclic) bond motifs is 1. The summed E-state index contributed by atoms with van der Waals surface area (Å²) < 4.78 is 10.2. The van der Waals surface area contributed by atoms with Crippen LogP contribution < -0.4 is 5.32 Å². The van der Waals surface area contributed by atoms with Crippen molar-refractivity contribution in [1.29, 1.82) is 0 Å². The number of aliphatic hydroxyl groups is 1. The van der Waals surface area contributed by atoms with Crippen molar-refractivity contribution in [3.63, 3.8) is 0 Å². The lowest BCUT2D eigenvalue weighted by atomic mass is 9.82. The Bertz CT molecular complexity index is 989. The van der Waals surface area contributed by atoms with Gasteiger partial charge in [-0.3, -0.25) is 14.4 Å². The topological polar surface area (TPSA) is 122 Å². The first-order valence-electron chi connectivity index (χ1n) is 10.9. The van der Waals surface area contributed by atoms with E-state index in [-0.39, 0.29) is 23.6 Å². The quantitative estimate of drug-likeness (QED) is 0.363. The lowest BCUT2D eigenvalue weighted by Crippen LogP contribution is -2.61. The van der Waals surface area contributed by atoms with Gasteiger partial charge in [-0.2, -0.15) is 0 Å². The van der Waals surface area contributed by atoms with E-state index in [4.69, 9.17) is 9.47 Å². The Morgan fingerprint density at radius 2 is 1.82 bits per heavy atom. The second-order valence-corrected chi connectivity index (χ2v) is 9.24.